The monoisotopic (exact) mass is 457 g/mol. The van der Waals surface area contributed by atoms with E-state index in [9.17, 15) is 9.59 Å². The van der Waals surface area contributed by atoms with Gasteiger partial charge in [-0.3, -0.25) is 4.79 Å². The van der Waals surface area contributed by atoms with Crippen molar-refractivity contribution in [3.63, 3.8) is 0 Å². The average molecular weight is 458 g/mol. The van der Waals surface area contributed by atoms with Crippen LogP contribution in [-0.4, -0.2) is 53.5 Å². The molecule has 174 valence electrons. The lowest BCUT2D eigenvalue weighted by Crippen LogP contribution is -2.53. The number of thiophene rings is 1. The Kier molecular flexibility index (Phi) is 8.18. The molecule has 0 aliphatic carbocycles. The molecule has 32 heavy (non-hydrogen) atoms. The van der Waals surface area contributed by atoms with E-state index in [1.165, 1.54) is 10.4 Å². The molecule has 1 aliphatic rings. The van der Waals surface area contributed by atoms with Crippen molar-refractivity contribution in [1.82, 2.24) is 15.1 Å². The predicted octanol–water partition coefficient (Wildman–Crippen LogP) is 4.78. The Bertz CT molecular complexity index is 909. The van der Waals surface area contributed by atoms with Gasteiger partial charge in [-0.15, -0.1) is 11.3 Å². The Labute approximate surface area is 195 Å². The summed E-state index contributed by atoms with van der Waals surface area (Å²) in [5.74, 6) is 0.751. The number of rotatable bonds is 8. The third-order valence-corrected chi connectivity index (χ3v) is 6.94. The van der Waals surface area contributed by atoms with Gasteiger partial charge in [0.15, 0.2) is 0 Å². The van der Waals surface area contributed by atoms with Gasteiger partial charge in [0, 0.05) is 23.5 Å². The Morgan fingerprint density at radius 1 is 1.22 bits per heavy atom. The average Bonchev–Trinajstić information content (AvgIpc) is 3.24. The van der Waals surface area contributed by atoms with E-state index in [0.717, 1.165) is 24.2 Å². The van der Waals surface area contributed by atoms with Gasteiger partial charge in [-0.25, -0.2) is 4.79 Å². The summed E-state index contributed by atoms with van der Waals surface area (Å²) < 4.78 is 6.10. The van der Waals surface area contributed by atoms with Crippen LogP contribution in [0.5, 0.6) is 5.75 Å². The number of nitrogens with one attached hydrogen (secondary N) is 1. The standard InChI is InChI=1S/C25H35N3O3S/c1-6-19(5)28(25(30)26-17(2)3)15-24(29)27-13-11-23-21(12-14-32-23)22(27)16-31-20-9-7-18(4)8-10-20/h7-10,12,14,17,19,22H,6,11,13,15-16H2,1-5H3,(H,26,30). The molecule has 2 heterocycles. The number of urea groups is 1. The quantitative estimate of drug-likeness (QED) is 0.621. The molecule has 3 rings (SSSR count). The summed E-state index contributed by atoms with van der Waals surface area (Å²) in [4.78, 5) is 31.1. The minimum atomic E-state index is -0.191. The molecule has 0 spiro atoms. The molecule has 6 nitrogen and oxygen atoms in total. The number of carbonyl (C=O) groups excluding carboxylic acids is 2. The summed E-state index contributed by atoms with van der Waals surface area (Å²) in [6.45, 7) is 11.0. The molecule has 0 bridgehead atoms. The fourth-order valence-corrected chi connectivity index (χ4v) is 4.83. The number of ether oxygens (including phenoxy) is 1. The van der Waals surface area contributed by atoms with Crippen LogP contribution in [0.3, 0.4) is 0 Å². The molecule has 2 unspecified atom stereocenters. The molecule has 1 aromatic heterocycles. The van der Waals surface area contributed by atoms with Crippen molar-refractivity contribution >= 4 is 23.3 Å². The topological polar surface area (TPSA) is 61.9 Å². The molecule has 1 aliphatic heterocycles. The lowest BCUT2D eigenvalue weighted by atomic mass is 10.00. The molecule has 0 fully saturated rings. The smallest absolute Gasteiger partial charge is 0.318 e. The van der Waals surface area contributed by atoms with Gasteiger partial charge in [0.2, 0.25) is 5.91 Å². The molecule has 0 saturated carbocycles. The molecule has 0 radical (unpaired) electrons. The van der Waals surface area contributed by atoms with Crippen LogP contribution >= 0.6 is 11.3 Å². The number of hydrogen-bond donors (Lipinski definition) is 1. The summed E-state index contributed by atoms with van der Waals surface area (Å²) in [6, 6.07) is 9.69. The van der Waals surface area contributed by atoms with E-state index in [-0.39, 0.29) is 36.6 Å². The second-order valence-electron chi connectivity index (χ2n) is 8.77. The third kappa shape index (κ3) is 5.82. The maximum atomic E-state index is 13.5. The summed E-state index contributed by atoms with van der Waals surface area (Å²) in [5, 5.41) is 5.02. The molecule has 2 atom stereocenters. The molecule has 1 N–H and O–H groups in total. The fraction of sp³-hybridized carbons (Fsp3) is 0.520. The second-order valence-corrected chi connectivity index (χ2v) is 9.77. The Hall–Kier alpha value is -2.54. The van der Waals surface area contributed by atoms with Gasteiger partial charge in [0.1, 0.15) is 18.9 Å². The van der Waals surface area contributed by atoms with Crippen molar-refractivity contribution in [2.45, 2.75) is 65.6 Å². The van der Waals surface area contributed by atoms with Crippen LogP contribution in [0.1, 0.15) is 56.2 Å². The van der Waals surface area contributed by atoms with Crippen LogP contribution in [0.25, 0.3) is 0 Å². The molecule has 2 aromatic rings. The fourth-order valence-electron chi connectivity index (χ4n) is 3.90. The largest absolute Gasteiger partial charge is 0.491 e. The zero-order chi connectivity index (χ0) is 23.3. The number of hydrogen-bond acceptors (Lipinski definition) is 4. The van der Waals surface area contributed by atoms with Gasteiger partial charge in [-0.2, -0.15) is 0 Å². The minimum Gasteiger partial charge on any atom is -0.491 e. The van der Waals surface area contributed by atoms with Crippen molar-refractivity contribution in [1.29, 1.82) is 0 Å². The summed E-state index contributed by atoms with van der Waals surface area (Å²) >= 11 is 1.73. The highest BCUT2D eigenvalue weighted by atomic mass is 32.1. The minimum absolute atomic E-state index is 0.0168. The van der Waals surface area contributed by atoms with Crippen LogP contribution in [0.15, 0.2) is 35.7 Å². The van der Waals surface area contributed by atoms with E-state index in [2.05, 4.69) is 16.8 Å². The van der Waals surface area contributed by atoms with Crippen molar-refractivity contribution in [2.24, 2.45) is 0 Å². The number of amides is 3. The third-order valence-electron chi connectivity index (χ3n) is 5.95. The van der Waals surface area contributed by atoms with Crippen molar-refractivity contribution in [3.05, 3.63) is 51.7 Å². The van der Waals surface area contributed by atoms with Gasteiger partial charge >= 0.3 is 6.03 Å². The first-order chi connectivity index (χ1) is 15.3. The Morgan fingerprint density at radius 3 is 2.59 bits per heavy atom. The van der Waals surface area contributed by atoms with Crippen LogP contribution in [0.4, 0.5) is 4.79 Å². The van der Waals surface area contributed by atoms with Crippen molar-refractivity contribution < 1.29 is 14.3 Å². The van der Waals surface area contributed by atoms with Crippen LogP contribution in [0, 0.1) is 6.92 Å². The zero-order valence-corrected chi connectivity index (χ0v) is 20.6. The second kappa shape index (κ2) is 10.9. The molecule has 0 saturated heterocycles. The number of fused-ring (bicyclic) bond motifs is 1. The van der Waals surface area contributed by atoms with Gasteiger partial charge in [-0.1, -0.05) is 24.6 Å². The number of benzene rings is 1. The van der Waals surface area contributed by atoms with Crippen molar-refractivity contribution in [2.75, 3.05) is 19.7 Å². The summed E-state index contributed by atoms with van der Waals surface area (Å²) in [7, 11) is 0. The van der Waals surface area contributed by atoms with Gasteiger partial charge in [0.05, 0.1) is 6.04 Å². The lowest BCUT2D eigenvalue weighted by Gasteiger charge is -2.38. The predicted molar refractivity (Wildman–Crippen MR) is 129 cm³/mol. The summed E-state index contributed by atoms with van der Waals surface area (Å²) in [5.41, 5.74) is 2.33. The van der Waals surface area contributed by atoms with E-state index in [4.69, 9.17) is 4.74 Å². The Morgan fingerprint density at radius 2 is 1.94 bits per heavy atom. The van der Waals surface area contributed by atoms with Gasteiger partial charge in [0.25, 0.3) is 0 Å². The number of carbonyl (C=O) groups is 2. The highest BCUT2D eigenvalue weighted by Crippen LogP contribution is 2.34. The van der Waals surface area contributed by atoms with E-state index in [1.54, 1.807) is 16.2 Å². The molecule has 1 aromatic carbocycles. The first kappa shape index (κ1) is 24.1. The van der Waals surface area contributed by atoms with Crippen LogP contribution in [-0.2, 0) is 11.2 Å². The lowest BCUT2D eigenvalue weighted by molar-refractivity contribution is -0.136. The molecular weight excluding hydrogens is 422 g/mol. The van der Waals surface area contributed by atoms with E-state index < -0.39 is 0 Å². The zero-order valence-electron chi connectivity index (χ0n) is 19.8. The van der Waals surface area contributed by atoms with Crippen LogP contribution < -0.4 is 10.1 Å². The van der Waals surface area contributed by atoms with Crippen molar-refractivity contribution in [3.8, 4) is 5.75 Å². The maximum absolute atomic E-state index is 13.5. The highest BCUT2D eigenvalue weighted by molar-refractivity contribution is 7.10. The van der Waals surface area contributed by atoms with E-state index in [1.807, 2.05) is 63.8 Å². The first-order valence-corrected chi connectivity index (χ1v) is 12.3. The van der Waals surface area contributed by atoms with Crippen LogP contribution in [0.2, 0.25) is 0 Å². The summed E-state index contributed by atoms with van der Waals surface area (Å²) in [6.07, 6.45) is 1.62. The van der Waals surface area contributed by atoms with Gasteiger partial charge in [-0.05, 0) is 69.7 Å². The van der Waals surface area contributed by atoms with E-state index in [0.29, 0.717) is 13.2 Å². The number of aryl methyl sites for hydroxylation is 1. The van der Waals surface area contributed by atoms with E-state index >= 15 is 0 Å². The molecule has 7 heteroatoms. The molecular formula is C25H35N3O3S. The molecule has 3 amide bonds. The Balaban J connectivity index is 1.77. The number of nitrogens with zero attached hydrogens (tertiary/aromatic N) is 2. The maximum Gasteiger partial charge on any atom is 0.318 e. The SMILES string of the molecule is CCC(C)N(CC(=O)N1CCc2sccc2C1COc1ccc(C)cc1)C(=O)NC(C)C. The highest BCUT2D eigenvalue weighted by Gasteiger charge is 2.34. The first-order valence-electron chi connectivity index (χ1n) is 11.4. The normalized spacial score (nSPS) is 16.4. The van der Waals surface area contributed by atoms with Gasteiger partial charge < -0.3 is 19.9 Å².